The summed E-state index contributed by atoms with van der Waals surface area (Å²) in [7, 11) is -2.57. The Kier molecular flexibility index (Phi) is 5.84. The maximum Gasteiger partial charge on any atom is 0.309 e. The highest BCUT2D eigenvalue weighted by Crippen LogP contribution is 2.30. The third-order valence-corrected chi connectivity index (χ3v) is 5.71. The van der Waals surface area contributed by atoms with Crippen molar-refractivity contribution in [2.75, 3.05) is 17.1 Å². The maximum absolute atomic E-state index is 13.0. The molecule has 7 nitrogen and oxygen atoms in total. The van der Waals surface area contributed by atoms with Crippen molar-refractivity contribution < 1.29 is 22.7 Å². The van der Waals surface area contributed by atoms with Crippen LogP contribution in [0.2, 0.25) is 0 Å². The lowest BCUT2D eigenvalue weighted by Crippen LogP contribution is -2.14. The minimum atomic E-state index is -3.88. The highest BCUT2D eigenvalue weighted by molar-refractivity contribution is 7.93. The molecule has 8 heteroatoms. The average molecular weight is 412 g/mol. The van der Waals surface area contributed by atoms with Gasteiger partial charge in [0.1, 0.15) is 0 Å². The molecular weight excluding hydrogens is 392 g/mol. The number of ether oxygens (including phenoxy) is 1. The molecule has 3 aromatic carbocycles. The summed E-state index contributed by atoms with van der Waals surface area (Å²) in [5.74, 6) is -0.611. The zero-order valence-electron chi connectivity index (χ0n) is 15.9. The molecule has 1 amide bonds. The Bertz CT molecular complexity index is 1170. The van der Waals surface area contributed by atoms with Crippen molar-refractivity contribution in [2.24, 2.45) is 0 Å². The first-order chi connectivity index (χ1) is 13.8. The monoisotopic (exact) mass is 412 g/mol. The molecule has 0 heterocycles. The molecule has 0 saturated heterocycles. The van der Waals surface area contributed by atoms with Gasteiger partial charge in [-0.15, -0.1) is 0 Å². The van der Waals surface area contributed by atoms with Crippen molar-refractivity contribution in [3.63, 3.8) is 0 Å². The largest absolute Gasteiger partial charge is 0.469 e. The molecule has 2 N–H and O–H groups in total. The number of amides is 1. The van der Waals surface area contributed by atoms with Crippen molar-refractivity contribution in [3.8, 4) is 0 Å². The van der Waals surface area contributed by atoms with Gasteiger partial charge in [-0.1, -0.05) is 36.4 Å². The summed E-state index contributed by atoms with van der Waals surface area (Å²) < 4.78 is 33.1. The quantitative estimate of drug-likeness (QED) is 0.605. The maximum atomic E-state index is 13.0. The molecule has 3 rings (SSSR count). The molecule has 0 spiro atoms. The first-order valence-corrected chi connectivity index (χ1v) is 10.3. The molecule has 0 aliphatic heterocycles. The van der Waals surface area contributed by atoms with E-state index in [9.17, 15) is 18.0 Å². The van der Waals surface area contributed by atoms with E-state index >= 15 is 0 Å². The van der Waals surface area contributed by atoms with Gasteiger partial charge < -0.3 is 10.1 Å². The van der Waals surface area contributed by atoms with Crippen LogP contribution < -0.4 is 10.0 Å². The number of rotatable bonds is 6. The number of carbonyl (C=O) groups excluding carboxylic acids is 2. The van der Waals surface area contributed by atoms with Crippen LogP contribution in [0.25, 0.3) is 10.8 Å². The summed E-state index contributed by atoms with van der Waals surface area (Å²) in [4.78, 5) is 22.9. The second kappa shape index (κ2) is 8.32. The summed E-state index contributed by atoms with van der Waals surface area (Å²) in [6.45, 7) is 1.39. The van der Waals surface area contributed by atoms with Gasteiger partial charge in [0.15, 0.2) is 0 Å². The number of carbonyl (C=O) groups is 2. The molecule has 0 fully saturated rings. The van der Waals surface area contributed by atoms with Crippen molar-refractivity contribution in [3.05, 3.63) is 66.2 Å². The summed E-state index contributed by atoms with van der Waals surface area (Å²) in [6.07, 6.45) is 0.110. The van der Waals surface area contributed by atoms with E-state index in [-0.39, 0.29) is 23.2 Å². The Morgan fingerprint density at radius 2 is 1.59 bits per heavy atom. The molecule has 0 saturated carbocycles. The normalized spacial score (nSPS) is 11.1. The standard InChI is InChI=1S/C21H20N2O5S/c1-14(24)22-19-11-12-20(18-6-4-3-5-17(18)19)29(26,27)23-16-9-7-15(8-10-16)13-21(25)28-2/h3-12,23H,13H2,1-2H3,(H,22,24). The van der Waals surface area contributed by atoms with Crippen LogP contribution in [0.5, 0.6) is 0 Å². The number of anilines is 2. The van der Waals surface area contributed by atoms with Crippen LogP contribution in [-0.2, 0) is 30.8 Å². The number of hydrogen-bond acceptors (Lipinski definition) is 5. The molecule has 0 atom stereocenters. The van der Waals surface area contributed by atoms with Gasteiger partial charge in [0.25, 0.3) is 10.0 Å². The summed E-state index contributed by atoms with van der Waals surface area (Å²) in [6, 6.07) is 16.5. The van der Waals surface area contributed by atoms with Crippen LogP contribution in [0.3, 0.4) is 0 Å². The van der Waals surface area contributed by atoms with Crippen LogP contribution in [-0.4, -0.2) is 27.4 Å². The average Bonchev–Trinajstić information content (AvgIpc) is 2.69. The third kappa shape index (κ3) is 4.72. The van der Waals surface area contributed by atoms with E-state index < -0.39 is 10.0 Å². The highest BCUT2D eigenvalue weighted by Gasteiger charge is 2.19. The van der Waals surface area contributed by atoms with Gasteiger partial charge in [-0.3, -0.25) is 14.3 Å². The number of nitrogens with one attached hydrogen (secondary N) is 2. The molecule has 0 aliphatic carbocycles. The predicted molar refractivity (Wildman–Crippen MR) is 111 cm³/mol. The Balaban J connectivity index is 1.93. The van der Waals surface area contributed by atoms with E-state index in [1.165, 1.54) is 20.1 Å². The number of benzene rings is 3. The minimum Gasteiger partial charge on any atom is -0.469 e. The molecule has 29 heavy (non-hydrogen) atoms. The summed E-state index contributed by atoms with van der Waals surface area (Å²) >= 11 is 0. The van der Waals surface area contributed by atoms with Gasteiger partial charge >= 0.3 is 5.97 Å². The Labute approximate surface area is 168 Å². The SMILES string of the molecule is COC(=O)Cc1ccc(NS(=O)(=O)c2ccc(NC(C)=O)c3ccccc23)cc1. The van der Waals surface area contributed by atoms with Crippen molar-refractivity contribution in [1.82, 2.24) is 0 Å². The molecule has 0 aliphatic rings. The van der Waals surface area contributed by atoms with E-state index in [1.807, 2.05) is 0 Å². The molecule has 0 radical (unpaired) electrons. The first-order valence-electron chi connectivity index (χ1n) is 8.78. The van der Waals surface area contributed by atoms with Crippen LogP contribution in [0.15, 0.2) is 65.6 Å². The van der Waals surface area contributed by atoms with Crippen LogP contribution in [0.1, 0.15) is 12.5 Å². The predicted octanol–water partition coefficient (Wildman–Crippen LogP) is 3.31. The van der Waals surface area contributed by atoms with E-state index in [4.69, 9.17) is 0 Å². The number of esters is 1. The number of methoxy groups -OCH3 is 1. The molecular formula is C21H20N2O5S. The third-order valence-electron chi connectivity index (χ3n) is 4.27. The first kappa shape index (κ1) is 20.3. The zero-order chi connectivity index (χ0) is 21.0. The van der Waals surface area contributed by atoms with Gasteiger partial charge in [0.2, 0.25) is 5.91 Å². The van der Waals surface area contributed by atoms with Gasteiger partial charge in [0.05, 0.1) is 18.4 Å². The summed E-state index contributed by atoms with van der Waals surface area (Å²) in [5.41, 5.74) is 1.62. The molecule has 0 bridgehead atoms. The second-order valence-corrected chi connectivity index (χ2v) is 8.04. The van der Waals surface area contributed by atoms with E-state index in [0.717, 1.165) is 0 Å². The van der Waals surface area contributed by atoms with E-state index in [0.29, 0.717) is 27.7 Å². The zero-order valence-corrected chi connectivity index (χ0v) is 16.7. The summed E-state index contributed by atoms with van der Waals surface area (Å²) in [5, 5.41) is 3.83. The smallest absolute Gasteiger partial charge is 0.309 e. The fourth-order valence-electron chi connectivity index (χ4n) is 2.94. The van der Waals surface area contributed by atoms with Crippen molar-refractivity contribution in [2.45, 2.75) is 18.2 Å². The lowest BCUT2D eigenvalue weighted by atomic mass is 10.1. The van der Waals surface area contributed by atoms with Gasteiger partial charge in [-0.05, 0) is 29.8 Å². The second-order valence-electron chi connectivity index (χ2n) is 6.39. The lowest BCUT2D eigenvalue weighted by Gasteiger charge is -2.13. The van der Waals surface area contributed by atoms with E-state index in [2.05, 4.69) is 14.8 Å². The van der Waals surface area contributed by atoms with Crippen LogP contribution >= 0.6 is 0 Å². The van der Waals surface area contributed by atoms with Crippen LogP contribution in [0, 0.1) is 0 Å². The molecule has 0 unspecified atom stereocenters. The molecule has 3 aromatic rings. The molecule has 150 valence electrons. The number of fused-ring (bicyclic) bond motifs is 1. The van der Waals surface area contributed by atoms with Crippen LogP contribution in [0.4, 0.5) is 11.4 Å². The fraction of sp³-hybridized carbons (Fsp3) is 0.143. The molecule has 0 aromatic heterocycles. The minimum absolute atomic E-state index is 0.0980. The Hall–Kier alpha value is -3.39. The highest BCUT2D eigenvalue weighted by atomic mass is 32.2. The lowest BCUT2D eigenvalue weighted by molar-refractivity contribution is -0.139. The Morgan fingerprint density at radius 3 is 2.21 bits per heavy atom. The van der Waals surface area contributed by atoms with Gasteiger partial charge in [0, 0.05) is 29.1 Å². The van der Waals surface area contributed by atoms with Crippen molar-refractivity contribution >= 4 is 44.0 Å². The van der Waals surface area contributed by atoms with Crippen molar-refractivity contribution in [1.29, 1.82) is 0 Å². The Morgan fingerprint density at radius 1 is 0.931 bits per heavy atom. The number of hydrogen-bond donors (Lipinski definition) is 2. The van der Waals surface area contributed by atoms with Gasteiger partial charge in [-0.2, -0.15) is 0 Å². The van der Waals surface area contributed by atoms with Gasteiger partial charge in [-0.25, -0.2) is 8.42 Å². The number of sulfonamides is 1. The fourth-order valence-corrected chi connectivity index (χ4v) is 4.22. The topological polar surface area (TPSA) is 102 Å². The van der Waals surface area contributed by atoms with E-state index in [1.54, 1.807) is 54.6 Å².